The van der Waals surface area contributed by atoms with E-state index in [0.717, 1.165) is 10.0 Å². The topological polar surface area (TPSA) is 51.8 Å². The Bertz CT molecular complexity index is 502. The highest BCUT2D eigenvalue weighted by atomic mass is 79.9. The minimum Gasteiger partial charge on any atom is -0.382 e. The molecule has 15 heavy (non-hydrogen) atoms. The van der Waals surface area contributed by atoms with Crippen molar-refractivity contribution in [3.05, 3.63) is 40.1 Å². The molecule has 0 unspecified atom stereocenters. The molecule has 0 saturated carbocycles. The van der Waals surface area contributed by atoms with Crippen LogP contribution >= 0.6 is 27.5 Å². The van der Waals surface area contributed by atoms with Gasteiger partial charge in [0.25, 0.3) is 0 Å². The van der Waals surface area contributed by atoms with Gasteiger partial charge in [-0.15, -0.1) is 0 Å². The third-order valence-electron chi connectivity index (χ3n) is 1.95. The molecule has 2 aromatic rings. The Morgan fingerprint density at radius 2 is 1.93 bits per heavy atom. The highest BCUT2D eigenvalue weighted by Crippen LogP contribution is 2.33. The number of hydrogen-bond acceptors (Lipinski definition) is 3. The first-order valence-corrected chi connectivity index (χ1v) is 5.38. The summed E-state index contributed by atoms with van der Waals surface area (Å²) in [6.07, 6.45) is 1.40. The van der Waals surface area contributed by atoms with Gasteiger partial charge >= 0.3 is 0 Å². The summed E-state index contributed by atoms with van der Waals surface area (Å²) in [6.45, 7) is 0. The number of anilines is 1. The first-order valence-electron chi connectivity index (χ1n) is 4.21. The molecule has 2 N–H and O–H groups in total. The van der Waals surface area contributed by atoms with Crippen molar-refractivity contribution in [1.82, 2.24) is 9.97 Å². The van der Waals surface area contributed by atoms with Gasteiger partial charge in [0.2, 0.25) is 0 Å². The second-order valence-electron chi connectivity index (χ2n) is 2.90. The minimum atomic E-state index is 0.289. The average molecular weight is 285 g/mol. The van der Waals surface area contributed by atoms with E-state index in [-0.39, 0.29) is 5.82 Å². The van der Waals surface area contributed by atoms with Gasteiger partial charge in [0, 0.05) is 10.0 Å². The fourth-order valence-corrected chi connectivity index (χ4v) is 1.90. The second-order valence-corrected chi connectivity index (χ2v) is 4.13. The zero-order chi connectivity index (χ0) is 10.8. The van der Waals surface area contributed by atoms with Crippen molar-refractivity contribution < 1.29 is 0 Å². The summed E-state index contributed by atoms with van der Waals surface area (Å²) < 4.78 is 0.921. The van der Waals surface area contributed by atoms with Crippen LogP contribution in [0.25, 0.3) is 11.3 Å². The van der Waals surface area contributed by atoms with Crippen LogP contribution in [0.2, 0.25) is 5.02 Å². The molecule has 0 atom stereocenters. The minimum absolute atomic E-state index is 0.289. The largest absolute Gasteiger partial charge is 0.382 e. The van der Waals surface area contributed by atoms with Crippen molar-refractivity contribution in [3.8, 4) is 11.3 Å². The van der Waals surface area contributed by atoms with Crippen LogP contribution in [-0.2, 0) is 0 Å². The van der Waals surface area contributed by atoms with E-state index in [1.807, 2.05) is 24.3 Å². The third kappa shape index (κ3) is 1.96. The molecule has 0 spiro atoms. The lowest BCUT2D eigenvalue weighted by atomic mass is 10.1. The van der Waals surface area contributed by atoms with Gasteiger partial charge in [-0.2, -0.15) is 0 Å². The van der Waals surface area contributed by atoms with Gasteiger partial charge in [-0.3, -0.25) is 0 Å². The molecule has 0 amide bonds. The quantitative estimate of drug-likeness (QED) is 0.875. The lowest BCUT2D eigenvalue weighted by molar-refractivity contribution is 1.18. The summed E-state index contributed by atoms with van der Waals surface area (Å²) in [6, 6.07) is 7.67. The van der Waals surface area contributed by atoms with E-state index in [2.05, 4.69) is 25.9 Å². The lowest BCUT2D eigenvalue weighted by Gasteiger charge is -2.06. The van der Waals surface area contributed by atoms with E-state index < -0.39 is 0 Å². The van der Waals surface area contributed by atoms with Gasteiger partial charge in [-0.25, -0.2) is 9.97 Å². The van der Waals surface area contributed by atoms with Crippen molar-refractivity contribution in [1.29, 1.82) is 0 Å². The van der Waals surface area contributed by atoms with E-state index in [9.17, 15) is 0 Å². The summed E-state index contributed by atoms with van der Waals surface area (Å²) in [7, 11) is 0. The third-order valence-corrected chi connectivity index (χ3v) is 3.01. The maximum absolute atomic E-state index is 6.03. The molecule has 5 heteroatoms. The van der Waals surface area contributed by atoms with Crippen LogP contribution in [0.4, 0.5) is 5.82 Å². The summed E-state index contributed by atoms with van der Waals surface area (Å²) in [5.74, 6) is 0.289. The summed E-state index contributed by atoms with van der Waals surface area (Å²) in [5, 5.41) is 0.379. The first-order chi connectivity index (χ1) is 7.20. The summed E-state index contributed by atoms with van der Waals surface area (Å²) >= 11 is 9.46. The van der Waals surface area contributed by atoms with Crippen molar-refractivity contribution in [2.75, 3.05) is 5.73 Å². The van der Waals surface area contributed by atoms with E-state index in [0.29, 0.717) is 10.7 Å². The highest BCUT2D eigenvalue weighted by molar-refractivity contribution is 9.10. The normalized spacial score (nSPS) is 10.3. The van der Waals surface area contributed by atoms with Gasteiger partial charge in [-0.1, -0.05) is 45.7 Å². The number of aromatic nitrogens is 2. The number of nitrogen functional groups attached to an aromatic ring is 1. The molecule has 0 aliphatic heterocycles. The number of halogens is 2. The van der Waals surface area contributed by atoms with Crippen LogP contribution in [0.5, 0.6) is 0 Å². The molecule has 0 saturated heterocycles. The van der Waals surface area contributed by atoms with E-state index >= 15 is 0 Å². The molecule has 76 valence electrons. The Balaban J connectivity index is 2.65. The molecule has 1 aromatic heterocycles. The molecular weight excluding hydrogens is 277 g/mol. The molecule has 0 radical (unpaired) electrons. The maximum Gasteiger partial charge on any atom is 0.146 e. The second kappa shape index (κ2) is 4.16. The monoisotopic (exact) mass is 283 g/mol. The number of nitrogens with two attached hydrogens (primary N) is 1. The Kier molecular flexibility index (Phi) is 2.88. The first kappa shape index (κ1) is 10.4. The Morgan fingerprint density at radius 3 is 2.67 bits per heavy atom. The van der Waals surface area contributed by atoms with E-state index in [1.54, 1.807) is 0 Å². The number of nitrogens with zero attached hydrogens (tertiary/aromatic N) is 2. The van der Waals surface area contributed by atoms with Gasteiger partial charge in [-0.05, 0) is 6.07 Å². The van der Waals surface area contributed by atoms with Gasteiger partial charge in [0.05, 0.1) is 5.69 Å². The summed E-state index contributed by atoms with van der Waals surface area (Å²) in [4.78, 5) is 7.93. The zero-order valence-corrected chi connectivity index (χ0v) is 9.96. The number of rotatable bonds is 1. The van der Waals surface area contributed by atoms with Crippen LogP contribution in [0.15, 0.2) is 35.1 Å². The smallest absolute Gasteiger partial charge is 0.146 e. The molecule has 1 heterocycles. The molecular formula is C10H7BrClN3. The molecule has 2 rings (SSSR count). The Labute approximate surface area is 100 Å². The number of benzene rings is 1. The molecule has 0 aliphatic carbocycles. The number of hydrogen-bond donors (Lipinski definition) is 1. The maximum atomic E-state index is 6.03. The lowest BCUT2D eigenvalue weighted by Crippen LogP contribution is -1.95. The van der Waals surface area contributed by atoms with Crippen LogP contribution in [0.1, 0.15) is 0 Å². The van der Waals surface area contributed by atoms with E-state index in [4.69, 9.17) is 17.3 Å². The van der Waals surface area contributed by atoms with Crippen LogP contribution in [0.3, 0.4) is 0 Å². The van der Waals surface area contributed by atoms with E-state index in [1.165, 1.54) is 6.33 Å². The molecule has 3 nitrogen and oxygen atoms in total. The van der Waals surface area contributed by atoms with Crippen molar-refractivity contribution in [3.63, 3.8) is 0 Å². The van der Waals surface area contributed by atoms with Crippen molar-refractivity contribution in [2.24, 2.45) is 0 Å². The Hall–Kier alpha value is -1.13. The van der Waals surface area contributed by atoms with Crippen LogP contribution in [0, 0.1) is 0 Å². The molecule has 0 aliphatic rings. The zero-order valence-electron chi connectivity index (χ0n) is 7.61. The van der Waals surface area contributed by atoms with Crippen molar-refractivity contribution >= 4 is 33.3 Å². The molecule has 0 bridgehead atoms. The standard InChI is InChI=1S/C10H7BrClN3/c11-7-4-2-1-3-6(7)9-8(12)10(13)15-5-14-9/h1-5H,(H2,13,14,15). The van der Waals surface area contributed by atoms with Gasteiger partial charge < -0.3 is 5.73 Å². The summed E-state index contributed by atoms with van der Waals surface area (Å²) in [5.41, 5.74) is 7.15. The van der Waals surface area contributed by atoms with Gasteiger partial charge in [0.1, 0.15) is 17.2 Å². The fraction of sp³-hybridized carbons (Fsp3) is 0. The predicted octanol–water partition coefficient (Wildman–Crippen LogP) is 3.14. The molecule has 1 aromatic carbocycles. The predicted molar refractivity (Wildman–Crippen MR) is 64.6 cm³/mol. The molecule has 0 fully saturated rings. The highest BCUT2D eigenvalue weighted by Gasteiger charge is 2.10. The van der Waals surface area contributed by atoms with Crippen LogP contribution < -0.4 is 5.73 Å². The Morgan fingerprint density at radius 1 is 1.20 bits per heavy atom. The fourth-order valence-electron chi connectivity index (χ4n) is 1.22. The van der Waals surface area contributed by atoms with Gasteiger partial charge in [0.15, 0.2) is 0 Å². The SMILES string of the molecule is Nc1ncnc(-c2ccccc2Br)c1Cl. The average Bonchev–Trinajstić information content (AvgIpc) is 2.23. The van der Waals surface area contributed by atoms with Crippen molar-refractivity contribution in [2.45, 2.75) is 0 Å². The van der Waals surface area contributed by atoms with Crippen LogP contribution in [-0.4, -0.2) is 9.97 Å².